The molecular weight excluding hydrogens is 552 g/mol. The van der Waals surface area contributed by atoms with Crippen molar-refractivity contribution in [1.82, 2.24) is 14.8 Å². The third kappa shape index (κ3) is 8.42. The monoisotopic (exact) mass is 592 g/mol. The second kappa shape index (κ2) is 13.5. The number of sulfonamides is 1. The first kappa shape index (κ1) is 31.2. The molecule has 0 aliphatic heterocycles. The van der Waals surface area contributed by atoms with Gasteiger partial charge in [-0.15, -0.1) is 0 Å². The van der Waals surface area contributed by atoms with Gasteiger partial charge in [0.05, 0.1) is 16.6 Å². The second-order valence-electron chi connectivity index (χ2n) is 11.3. The van der Waals surface area contributed by atoms with E-state index in [9.17, 15) is 18.3 Å². The maximum Gasteiger partial charge on any atom is 0.338 e. The molecule has 1 heterocycles. The van der Waals surface area contributed by atoms with E-state index in [-0.39, 0.29) is 16.4 Å². The molecule has 0 radical (unpaired) electrons. The SMILES string of the molecule is CN(C)CCOC(=O)c1ccc2c(ccn2CCC(C)(C)NCC(O)c2cccc(NS(=O)(=O)c3ccccc3)c2)c1. The van der Waals surface area contributed by atoms with E-state index in [4.69, 9.17) is 4.74 Å². The van der Waals surface area contributed by atoms with Gasteiger partial charge < -0.3 is 24.6 Å². The average molecular weight is 593 g/mol. The van der Waals surface area contributed by atoms with E-state index in [0.717, 1.165) is 23.9 Å². The number of hydrogen-bond acceptors (Lipinski definition) is 7. The van der Waals surface area contributed by atoms with Crippen molar-refractivity contribution in [2.75, 3.05) is 38.5 Å². The van der Waals surface area contributed by atoms with Crippen LogP contribution in [-0.4, -0.2) is 68.3 Å². The number of β-amino-alcohol motifs (C(OH)–C–C–N with tert-alkyl or cyclic N) is 1. The molecule has 3 aromatic carbocycles. The van der Waals surface area contributed by atoms with Crippen LogP contribution in [0.1, 0.15) is 42.3 Å². The lowest BCUT2D eigenvalue weighted by Crippen LogP contribution is -2.42. The normalized spacial score (nSPS) is 12.9. The fourth-order valence-corrected chi connectivity index (χ4v) is 5.60. The Labute approximate surface area is 248 Å². The lowest BCUT2D eigenvalue weighted by molar-refractivity contribution is 0.0482. The number of aromatic nitrogens is 1. The number of fused-ring (bicyclic) bond motifs is 1. The second-order valence-corrected chi connectivity index (χ2v) is 13.0. The van der Waals surface area contributed by atoms with Crippen LogP contribution in [0.2, 0.25) is 0 Å². The summed E-state index contributed by atoms with van der Waals surface area (Å²) >= 11 is 0. The number of aryl methyl sites for hydroxylation is 1. The highest BCUT2D eigenvalue weighted by molar-refractivity contribution is 7.92. The van der Waals surface area contributed by atoms with Gasteiger partial charge in [-0.3, -0.25) is 4.72 Å². The Morgan fingerprint density at radius 2 is 1.79 bits per heavy atom. The van der Waals surface area contributed by atoms with Crippen molar-refractivity contribution in [3.63, 3.8) is 0 Å². The van der Waals surface area contributed by atoms with Crippen molar-refractivity contribution < 1.29 is 23.1 Å². The molecule has 1 aromatic heterocycles. The lowest BCUT2D eigenvalue weighted by Gasteiger charge is -2.28. The number of ether oxygens (including phenoxy) is 1. The Morgan fingerprint density at radius 1 is 1.02 bits per heavy atom. The Morgan fingerprint density at radius 3 is 2.52 bits per heavy atom. The van der Waals surface area contributed by atoms with E-state index in [2.05, 4.69) is 28.5 Å². The van der Waals surface area contributed by atoms with Crippen LogP contribution in [0.5, 0.6) is 0 Å². The molecule has 3 N–H and O–H groups in total. The van der Waals surface area contributed by atoms with Gasteiger partial charge in [0.1, 0.15) is 6.61 Å². The summed E-state index contributed by atoms with van der Waals surface area (Å²) in [5.74, 6) is -0.325. The maximum absolute atomic E-state index is 12.7. The number of anilines is 1. The first-order valence-electron chi connectivity index (χ1n) is 14.0. The van der Waals surface area contributed by atoms with Gasteiger partial charge in [-0.05, 0) is 88.5 Å². The fraction of sp³-hybridized carbons (Fsp3) is 0.344. The number of benzene rings is 3. The number of likely N-dealkylation sites (N-methyl/N-ethyl adjacent to an activating group) is 1. The minimum atomic E-state index is -3.72. The number of esters is 1. The highest BCUT2D eigenvalue weighted by atomic mass is 32.2. The predicted octanol–water partition coefficient (Wildman–Crippen LogP) is 4.65. The smallest absolute Gasteiger partial charge is 0.338 e. The molecule has 4 rings (SSSR count). The number of aliphatic hydroxyl groups is 1. The van der Waals surface area contributed by atoms with E-state index < -0.39 is 16.1 Å². The maximum atomic E-state index is 12.7. The zero-order valence-electron chi connectivity index (χ0n) is 24.6. The first-order chi connectivity index (χ1) is 19.9. The van der Waals surface area contributed by atoms with Gasteiger partial charge in [-0.2, -0.15) is 0 Å². The number of carbonyl (C=O) groups is 1. The zero-order chi connectivity index (χ0) is 30.3. The minimum absolute atomic E-state index is 0.174. The number of aliphatic hydroxyl groups excluding tert-OH is 1. The molecule has 0 aliphatic carbocycles. The average Bonchev–Trinajstić information content (AvgIpc) is 3.37. The summed E-state index contributed by atoms with van der Waals surface area (Å²) in [7, 11) is 0.142. The number of carbonyl (C=O) groups excluding carboxylic acids is 1. The number of rotatable bonds is 14. The van der Waals surface area contributed by atoms with Crippen LogP contribution in [-0.2, 0) is 21.3 Å². The van der Waals surface area contributed by atoms with Crippen molar-refractivity contribution in [3.8, 4) is 0 Å². The summed E-state index contributed by atoms with van der Waals surface area (Å²) in [4.78, 5) is 14.5. The van der Waals surface area contributed by atoms with E-state index in [1.165, 1.54) is 12.1 Å². The van der Waals surface area contributed by atoms with Crippen molar-refractivity contribution >= 4 is 32.6 Å². The van der Waals surface area contributed by atoms with Crippen molar-refractivity contribution in [1.29, 1.82) is 0 Å². The fourth-order valence-electron chi connectivity index (χ4n) is 4.53. The number of nitrogens with zero attached hydrogens (tertiary/aromatic N) is 2. The summed E-state index contributed by atoms with van der Waals surface area (Å²) in [6.45, 7) is 6.22. The van der Waals surface area contributed by atoms with E-state index in [1.54, 1.807) is 48.5 Å². The molecule has 1 unspecified atom stereocenters. The third-order valence-corrected chi connectivity index (χ3v) is 8.50. The molecule has 42 heavy (non-hydrogen) atoms. The Hall–Kier alpha value is -3.70. The molecule has 1 atom stereocenters. The van der Waals surface area contributed by atoms with Crippen LogP contribution in [0.3, 0.4) is 0 Å². The lowest BCUT2D eigenvalue weighted by atomic mass is 9.99. The molecule has 9 nitrogen and oxygen atoms in total. The molecule has 0 aliphatic rings. The highest BCUT2D eigenvalue weighted by Gasteiger charge is 2.21. The van der Waals surface area contributed by atoms with Crippen LogP contribution in [0, 0.1) is 0 Å². The Bertz CT molecular complexity index is 1600. The Balaban J connectivity index is 1.31. The molecule has 0 amide bonds. The van der Waals surface area contributed by atoms with Crippen LogP contribution >= 0.6 is 0 Å². The van der Waals surface area contributed by atoms with Crippen molar-refractivity contribution in [3.05, 3.63) is 96.2 Å². The molecule has 0 saturated heterocycles. The molecule has 0 saturated carbocycles. The van der Waals surface area contributed by atoms with Crippen LogP contribution < -0.4 is 10.0 Å². The molecule has 0 spiro atoms. The van der Waals surface area contributed by atoms with Gasteiger partial charge in [0.25, 0.3) is 10.0 Å². The molecule has 10 heteroatoms. The molecule has 0 bridgehead atoms. The summed E-state index contributed by atoms with van der Waals surface area (Å²) in [5, 5.41) is 15.3. The van der Waals surface area contributed by atoms with Crippen LogP contribution in [0.15, 0.2) is 90.0 Å². The molecule has 224 valence electrons. The van der Waals surface area contributed by atoms with Gasteiger partial charge in [-0.1, -0.05) is 30.3 Å². The topological polar surface area (TPSA) is 113 Å². The summed E-state index contributed by atoms with van der Waals surface area (Å²) in [6.07, 6.45) is 1.97. The van der Waals surface area contributed by atoms with Gasteiger partial charge in [0, 0.05) is 48.0 Å². The van der Waals surface area contributed by atoms with Crippen molar-refractivity contribution in [2.45, 2.75) is 43.4 Å². The first-order valence-corrected chi connectivity index (χ1v) is 15.4. The van der Waals surface area contributed by atoms with Crippen LogP contribution in [0.25, 0.3) is 10.9 Å². The van der Waals surface area contributed by atoms with Crippen LogP contribution in [0.4, 0.5) is 5.69 Å². The number of hydrogen-bond donors (Lipinski definition) is 3. The standard InChI is InChI=1S/C32H40N4O5S/c1-32(2,16-18-36-17-15-24-21-26(13-14-29(24)36)31(38)41-20-19-35(3)4)33-23-30(37)25-9-8-10-27(22-25)34-42(39,40)28-11-6-5-7-12-28/h5-15,17,21-22,30,33-34,37H,16,18-20,23H2,1-4H3. The van der Waals surface area contributed by atoms with Gasteiger partial charge in [0.2, 0.25) is 0 Å². The highest BCUT2D eigenvalue weighted by Crippen LogP contribution is 2.23. The predicted molar refractivity (Wildman–Crippen MR) is 166 cm³/mol. The molecule has 0 fully saturated rings. The molecule has 4 aromatic rings. The minimum Gasteiger partial charge on any atom is -0.461 e. The van der Waals surface area contributed by atoms with Crippen molar-refractivity contribution in [2.24, 2.45) is 0 Å². The van der Waals surface area contributed by atoms with E-state index in [0.29, 0.717) is 36.5 Å². The van der Waals surface area contributed by atoms with Gasteiger partial charge >= 0.3 is 5.97 Å². The zero-order valence-corrected chi connectivity index (χ0v) is 25.4. The van der Waals surface area contributed by atoms with Gasteiger partial charge in [-0.25, -0.2) is 13.2 Å². The van der Waals surface area contributed by atoms with Gasteiger partial charge in [0.15, 0.2) is 0 Å². The summed E-state index contributed by atoms with van der Waals surface area (Å²) in [5.41, 5.74) is 2.27. The van der Waals surface area contributed by atoms with E-state index in [1.807, 2.05) is 43.4 Å². The van der Waals surface area contributed by atoms with E-state index >= 15 is 0 Å². The molecular formula is C32H40N4O5S. The quantitative estimate of drug-likeness (QED) is 0.183. The summed E-state index contributed by atoms with van der Waals surface area (Å²) < 4.78 is 35.5. The third-order valence-electron chi connectivity index (χ3n) is 7.11. The number of nitrogens with one attached hydrogen (secondary N) is 2. The Kier molecular flexibility index (Phi) is 10.1. The summed E-state index contributed by atoms with van der Waals surface area (Å²) in [6, 6.07) is 22.6. The largest absolute Gasteiger partial charge is 0.461 e.